The Morgan fingerprint density at radius 1 is 0.796 bits per heavy atom. The van der Waals surface area contributed by atoms with Crippen LogP contribution in [-0.4, -0.2) is 14.5 Å². The lowest BCUT2D eigenvalue weighted by Crippen LogP contribution is -2.30. The second kappa shape index (κ2) is 11.2. The number of pyridine rings is 1. The van der Waals surface area contributed by atoms with E-state index in [1.807, 2.05) is 0 Å². The summed E-state index contributed by atoms with van der Waals surface area (Å²) in [6.07, 6.45) is 1.74. The van der Waals surface area contributed by atoms with Gasteiger partial charge in [-0.05, 0) is 59.7 Å². The molecule has 49 heavy (non-hydrogen) atoms. The first-order valence-electron chi connectivity index (χ1n) is 17.3. The molecule has 8 rings (SSSR count). The fraction of sp³-hybridized carbons (Fsp3) is 0.279. The van der Waals surface area contributed by atoms with E-state index in [9.17, 15) is 0 Å². The van der Waals surface area contributed by atoms with E-state index in [4.69, 9.17) is 18.8 Å². The van der Waals surface area contributed by atoms with Crippen molar-refractivity contribution >= 4 is 44.2 Å². The van der Waals surface area contributed by atoms with Crippen molar-refractivity contribution in [2.24, 2.45) is 7.05 Å². The summed E-state index contributed by atoms with van der Waals surface area (Å²) in [6.45, 7) is 17.7. The number of hydrogen-bond donors (Lipinski definition) is 0. The second-order valence-electron chi connectivity index (χ2n) is 15.0. The van der Waals surface area contributed by atoms with Crippen LogP contribution in [0.5, 0.6) is 0 Å². The van der Waals surface area contributed by atoms with Gasteiger partial charge in [-0.15, -0.1) is 0 Å². The SMILES string of the molecule is Cc1ccc2c(oc3ncc4oc(C(C)(C)C)nc4c32)c1-c1n(-c2c(C(C)C)cc(-c3ccccc3)cc2C(C)C)c2ccccc2[n+]1C. The van der Waals surface area contributed by atoms with Crippen LogP contribution in [0.25, 0.3) is 72.4 Å². The Morgan fingerprint density at radius 2 is 1.47 bits per heavy atom. The van der Waals surface area contributed by atoms with Gasteiger partial charge in [0.05, 0.1) is 18.6 Å². The van der Waals surface area contributed by atoms with Gasteiger partial charge >= 0.3 is 0 Å². The molecule has 6 heteroatoms. The minimum atomic E-state index is -0.236. The molecule has 0 N–H and O–H groups in total. The molecule has 0 spiro atoms. The Bertz CT molecular complexity index is 2530. The summed E-state index contributed by atoms with van der Waals surface area (Å²) in [7, 11) is 2.17. The minimum Gasteiger partial charge on any atom is -0.438 e. The van der Waals surface area contributed by atoms with Crippen LogP contribution in [0.1, 0.15) is 82.9 Å². The molecule has 0 aliphatic heterocycles. The molecule has 6 nitrogen and oxygen atoms in total. The molecule has 0 saturated carbocycles. The number of furan rings is 1. The summed E-state index contributed by atoms with van der Waals surface area (Å²) >= 11 is 0. The molecular formula is C43H43N4O2+. The van der Waals surface area contributed by atoms with Crippen LogP contribution in [0.15, 0.2) is 93.9 Å². The zero-order chi connectivity index (χ0) is 34.4. The average Bonchev–Trinajstić information content (AvgIpc) is 3.76. The van der Waals surface area contributed by atoms with E-state index in [1.54, 1.807) is 6.20 Å². The summed E-state index contributed by atoms with van der Waals surface area (Å²) in [4.78, 5) is 9.75. The van der Waals surface area contributed by atoms with Crippen molar-refractivity contribution in [2.75, 3.05) is 0 Å². The lowest BCUT2D eigenvalue weighted by Gasteiger charge is -2.21. The largest absolute Gasteiger partial charge is 0.438 e. The Kier molecular flexibility index (Phi) is 7.07. The van der Waals surface area contributed by atoms with Gasteiger partial charge in [0.15, 0.2) is 22.2 Å². The number of nitrogens with zero attached hydrogens (tertiary/aromatic N) is 4. The van der Waals surface area contributed by atoms with Gasteiger partial charge < -0.3 is 8.83 Å². The van der Waals surface area contributed by atoms with Gasteiger partial charge in [0, 0.05) is 21.9 Å². The molecule has 0 fully saturated rings. The highest BCUT2D eigenvalue weighted by Crippen LogP contribution is 2.44. The molecule has 0 saturated heterocycles. The van der Waals surface area contributed by atoms with E-state index in [1.165, 1.54) is 27.9 Å². The molecule has 0 aliphatic rings. The lowest BCUT2D eigenvalue weighted by atomic mass is 9.88. The van der Waals surface area contributed by atoms with E-state index in [0.717, 1.165) is 49.9 Å². The third kappa shape index (κ3) is 4.79. The van der Waals surface area contributed by atoms with E-state index in [2.05, 4.69) is 150 Å². The summed E-state index contributed by atoms with van der Waals surface area (Å²) in [6, 6.07) is 28.6. The first-order chi connectivity index (χ1) is 23.4. The number of oxazole rings is 1. The molecule has 0 amide bonds. The minimum absolute atomic E-state index is 0.236. The number of rotatable bonds is 5. The molecule has 4 aromatic heterocycles. The maximum absolute atomic E-state index is 6.78. The number of benzene rings is 4. The van der Waals surface area contributed by atoms with Crippen molar-refractivity contribution in [1.29, 1.82) is 0 Å². The van der Waals surface area contributed by atoms with Crippen LogP contribution >= 0.6 is 0 Å². The number of aryl methyl sites for hydroxylation is 2. The lowest BCUT2D eigenvalue weighted by molar-refractivity contribution is -0.633. The van der Waals surface area contributed by atoms with Crippen LogP contribution in [-0.2, 0) is 12.5 Å². The van der Waals surface area contributed by atoms with Crippen molar-refractivity contribution in [1.82, 2.24) is 14.5 Å². The smallest absolute Gasteiger partial charge is 0.299 e. The first kappa shape index (κ1) is 31.1. The highest BCUT2D eigenvalue weighted by Gasteiger charge is 2.34. The summed E-state index contributed by atoms with van der Waals surface area (Å²) in [5.74, 6) is 2.30. The standard InChI is InChI=1S/C43H43N4O2/c1-24(2)30-21-28(27-15-11-10-12-16-27)22-31(25(3)4)38(30)47-33-18-14-13-17-32(33)46(9)41(47)35-26(5)19-20-29-36-37-34(23-44-40(36)49-39(29)35)48-42(45-37)43(6,7)8/h10-25H,1-9H3/q+1. The average molecular weight is 648 g/mol. The van der Waals surface area contributed by atoms with Crippen molar-refractivity contribution in [2.45, 2.75) is 72.6 Å². The molecule has 0 aliphatic carbocycles. The normalized spacial score (nSPS) is 12.6. The van der Waals surface area contributed by atoms with Crippen LogP contribution in [0.4, 0.5) is 0 Å². The number of fused-ring (bicyclic) bond motifs is 6. The van der Waals surface area contributed by atoms with Gasteiger partial charge in [-0.2, -0.15) is 4.57 Å². The highest BCUT2D eigenvalue weighted by atomic mass is 16.4. The number of imidazole rings is 1. The van der Waals surface area contributed by atoms with E-state index in [-0.39, 0.29) is 17.3 Å². The van der Waals surface area contributed by atoms with Gasteiger partial charge in [0.2, 0.25) is 11.6 Å². The first-order valence-corrected chi connectivity index (χ1v) is 17.3. The van der Waals surface area contributed by atoms with Crippen molar-refractivity contribution in [3.8, 4) is 28.2 Å². The molecule has 246 valence electrons. The van der Waals surface area contributed by atoms with E-state index < -0.39 is 0 Å². The Balaban J connectivity index is 1.50. The predicted octanol–water partition coefficient (Wildman–Crippen LogP) is 11.1. The van der Waals surface area contributed by atoms with E-state index >= 15 is 0 Å². The van der Waals surface area contributed by atoms with Gasteiger partial charge in [-0.1, -0.05) is 103 Å². The van der Waals surface area contributed by atoms with Crippen LogP contribution in [0, 0.1) is 6.92 Å². The summed E-state index contributed by atoms with van der Waals surface area (Å²) < 4.78 is 17.8. The molecule has 4 heterocycles. The molecule has 4 aromatic carbocycles. The number of para-hydroxylation sites is 2. The zero-order valence-electron chi connectivity index (χ0n) is 29.8. The third-order valence-corrected chi connectivity index (χ3v) is 9.86. The van der Waals surface area contributed by atoms with Crippen molar-refractivity contribution in [3.63, 3.8) is 0 Å². The number of aromatic nitrogens is 4. The highest BCUT2D eigenvalue weighted by molar-refractivity contribution is 6.17. The third-order valence-electron chi connectivity index (χ3n) is 9.86. The van der Waals surface area contributed by atoms with Crippen LogP contribution in [0.2, 0.25) is 0 Å². The summed E-state index contributed by atoms with van der Waals surface area (Å²) in [5.41, 5.74) is 13.4. The molecule has 8 aromatic rings. The Morgan fingerprint density at radius 3 is 2.14 bits per heavy atom. The Hall–Kier alpha value is -5.23. The van der Waals surface area contributed by atoms with Gasteiger partial charge in [0.1, 0.15) is 16.8 Å². The fourth-order valence-electron chi connectivity index (χ4n) is 7.32. The quantitative estimate of drug-likeness (QED) is 0.174. The van der Waals surface area contributed by atoms with Crippen molar-refractivity contribution in [3.05, 3.63) is 108 Å². The maximum Gasteiger partial charge on any atom is 0.299 e. The second-order valence-corrected chi connectivity index (χ2v) is 15.0. The Labute approximate surface area is 287 Å². The van der Waals surface area contributed by atoms with E-state index in [0.29, 0.717) is 17.2 Å². The topological polar surface area (TPSA) is 60.9 Å². The molecular weight excluding hydrogens is 604 g/mol. The maximum atomic E-state index is 6.78. The van der Waals surface area contributed by atoms with Gasteiger partial charge in [-0.25, -0.2) is 14.5 Å². The number of hydrogen-bond acceptors (Lipinski definition) is 4. The fourth-order valence-corrected chi connectivity index (χ4v) is 7.32. The molecule has 0 radical (unpaired) electrons. The monoisotopic (exact) mass is 647 g/mol. The molecule has 0 unspecified atom stereocenters. The summed E-state index contributed by atoms with van der Waals surface area (Å²) in [5, 5.41) is 1.86. The molecule has 0 bridgehead atoms. The van der Waals surface area contributed by atoms with Crippen LogP contribution < -0.4 is 4.57 Å². The predicted molar refractivity (Wildman–Crippen MR) is 200 cm³/mol. The van der Waals surface area contributed by atoms with Gasteiger partial charge in [-0.3, -0.25) is 0 Å². The molecule has 0 atom stereocenters. The zero-order valence-corrected chi connectivity index (χ0v) is 29.8. The van der Waals surface area contributed by atoms with Gasteiger partial charge in [0.25, 0.3) is 5.82 Å². The van der Waals surface area contributed by atoms with Crippen molar-refractivity contribution < 1.29 is 13.4 Å². The van der Waals surface area contributed by atoms with Crippen LogP contribution in [0.3, 0.4) is 0 Å².